The van der Waals surface area contributed by atoms with Gasteiger partial charge in [0.2, 0.25) is 0 Å². The molecule has 1 aromatic rings. The Bertz CT molecular complexity index is 453. The van der Waals surface area contributed by atoms with Gasteiger partial charge in [-0.05, 0) is 42.4 Å². The second kappa shape index (κ2) is 5.73. The van der Waals surface area contributed by atoms with E-state index in [-0.39, 0.29) is 0 Å². The van der Waals surface area contributed by atoms with Crippen LogP contribution in [0.2, 0.25) is 5.02 Å². The van der Waals surface area contributed by atoms with Crippen LogP contribution in [0.4, 0.5) is 0 Å². The first-order chi connectivity index (χ1) is 8.69. The lowest BCUT2D eigenvalue weighted by molar-refractivity contribution is 0.124. The molecule has 0 unspecified atom stereocenters. The number of hydrogen-bond donors (Lipinski definition) is 1. The van der Waals surface area contributed by atoms with Gasteiger partial charge in [0.15, 0.2) is 0 Å². The van der Waals surface area contributed by atoms with Crippen LogP contribution in [-0.4, -0.2) is 6.54 Å². The minimum absolute atomic E-state index is 0.527. The molecule has 1 aromatic carbocycles. The van der Waals surface area contributed by atoms with E-state index in [1.165, 1.54) is 25.7 Å². The molecule has 1 aliphatic rings. The Labute approximate surface area is 114 Å². The molecule has 2 nitrogen and oxygen atoms in total. The minimum Gasteiger partial charge on any atom is -0.312 e. The Morgan fingerprint density at radius 2 is 2.22 bits per heavy atom. The number of benzene rings is 1. The average molecular weight is 263 g/mol. The van der Waals surface area contributed by atoms with Crippen LogP contribution in [0.5, 0.6) is 0 Å². The molecule has 0 amide bonds. The van der Waals surface area contributed by atoms with E-state index in [9.17, 15) is 0 Å². The van der Waals surface area contributed by atoms with E-state index in [1.807, 2.05) is 12.1 Å². The van der Waals surface area contributed by atoms with Gasteiger partial charge in [0.25, 0.3) is 0 Å². The lowest BCUT2D eigenvalue weighted by atomic mass is 9.67. The summed E-state index contributed by atoms with van der Waals surface area (Å²) in [4.78, 5) is 0. The lowest BCUT2D eigenvalue weighted by Gasteiger charge is -2.41. The zero-order valence-electron chi connectivity index (χ0n) is 10.8. The zero-order chi connectivity index (χ0) is 13.0. The summed E-state index contributed by atoms with van der Waals surface area (Å²) >= 11 is 6.15. The van der Waals surface area contributed by atoms with Crippen LogP contribution in [0.15, 0.2) is 18.2 Å². The summed E-state index contributed by atoms with van der Waals surface area (Å²) in [5.41, 5.74) is 2.22. The highest BCUT2D eigenvalue weighted by atomic mass is 35.5. The summed E-state index contributed by atoms with van der Waals surface area (Å²) in [6, 6.07) is 7.59. The predicted molar refractivity (Wildman–Crippen MR) is 74.4 cm³/mol. The standard InChI is InChI=1S/C15H19ClN2/c1-2-15(6-3-7-15)11-18-10-13-5-4-12(9-17)8-14(13)16/h4-5,8,18H,2-3,6-7,10-11H2,1H3. The van der Waals surface area contributed by atoms with Crippen LogP contribution in [0, 0.1) is 16.7 Å². The van der Waals surface area contributed by atoms with Gasteiger partial charge in [0, 0.05) is 18.1 Å². The van der Waals surface area contributed by atoms with Crippen LogP contribution >= 0.6 is 11.6 Å². The van der Waals surface area contributed by atoms with Gasteiger partial charge in [-0.1, -0.05) is 31.0 Å². The van der Waals surface area contributed by atoms with Gasteiger partial charge in [-0.3, -0.25) is 0 Å². The zero-order valence-corrected chi connectivity index (χ0v) is 11.6. The van der Waals surface area contributed by atoms with Crippen molar-refractivity contribution in [3.05, 3.63) is 34.3 Å². The van der Waals surface area contributed by atoms with E-state index in [2.05, 4.69) is 18.3 Å². The number of nitrogens with zero attached hydrogens (tertiary/aromatic N) is 1. The van der Waals surface area contributed by atoms with Crippen molar-refractivity contribution in [2.45, 2.75) is 39.2 Å². The quantitative estimate of drug-likeness (QED) is 0.874. The number of rotatable bonds is 5. The molecule has 0 spiro atoms. The Kier molecular flexibility index (Phi) is 4.27. The second-order valence-electron chi connectivity index (χ2n) is 5.23. The van der Waals surface area contributed by atoms with Gasteiger partial charge in [0.05, 0.1) is 11.6 Å². The van der Waals surface area contributed by atoms with Crippen molar-refractivity contribution < 1.29 is 0 Å². The first-order valence-electron chi connectivity index (χ1n) is 6.58. The van der Waals surface area contributed by atoms with Crippen molar-refractivity contribution in [1.29, 1.82) is 5.26 Å². The highest BCUT2D eigenvalue weighted by Gasteiger charge is 2.34. The number of halogens is 1. The lowest BCUT2D eigenvalue weighted by Crippen LogP contribution is -2.39. The van der Waals surface area contributed by atoms with Gasteiger partial charge in [-0.2, -0.15) is 5.26 Å². The van der Waals surface area contributed by atoms with Gasteiger partial charge in [-0.15, -0.1) is 0 Å². The summed E-state index contributed by atoms with van der Waals surface area (Å²) in [6.07, 6.45) is 5.31. The smallest absolute Gasteiger partial charge is 0.0992 e. The number of hydrogen-bond acceptors (Lipinski definition) is 2. The normalized spacial score (nSPS) is 16.9. The maximum Gasteiger partial charge on any atom is 0.0992 e. The third kappa shape index (κ3) is 2.85. The fourth-order valence-corrected chi connectivity index (χ4v) is 2.80. The Hall–Kier alpha value is -1.04. The van der Waals surface area contributed by atoms with Crippen molar-refractivity contribution >= 4 is 11.6 Å². The summed E-state index contributed by atoms with van der Waals surface area (Å²) in [7, 11) is 0. The van der Waals surface area contributed by atoms with Crippen molar-refractivity contribution in [3.8, 4) is 6.07 Å². The Balaban J connectivity index is 1.89. The summed E-state index contributed by atoms with van der Waals surface area (Å²) in [5.74, 6) is 0. The van der Waals surface area contributed by atoms with Gasteiger partial charge < -0.3 is 5.32 Å². The molecule has 1 saturated carbocycles. The van der Waals surface area contributed by atoms with Crippen LogP contribution < -0.4 is 5.32 Å². The third-order valence-corrected chi connectivity index (χ3v) is 4.51. The highest BCUT2D eigenvalue weighted by molar-refractivity contribution is 6.31. The molecule has 0 saturated heterocycles. The minimum atomic E-state index is 0.527. The number of nitriles is 1. The van der Waals surface area contributed by atoms with E-state index in [4.69, 9.17) is 16.9 Å². The molecule has 1 N–H and O–H groups in total. The van der Waals surface area contributed by atoms with Crippen molar-refractivity contribution in [3.63, 3.8) is 0 Å². The second-order valence-corrected chi connectivity index (χ2v) is 5.64. The monoisotopic (exact) mass is 262 g/mol. The molecule has 2 rings (SSSR count). The number of nitrogens with one attached hydrogen (secondary N) is 1. The van der Waals surface area contributed by atoms with E-state index in [1.54, 1.807) is 6.07 Å². The van der Waals surface area contributed by atoms with Crippen LogP contribution in [0.25, 0.3) is 0 Å². The molecule has 0 radical (unpaired) electrons. The van der Waals surface area contributed by atoms with Crippen molar-refractivity contribution in [2.24, 2.45) is 5.41 Å². The molecule has 0 heterocycles. The molecular weight excluding hydrogens is 244 g/mol. The van der Waals surface area contributed by atoms with Gasteiger partial charge in [-0.25, -0.2) is 0 Å². The van der Waals surface area contributed by atoms with Crippen LogP contribution in [0.1, 0.15) is 43.7 Å². The maximum absolute atomic E-state index is 8.78. The highest BCUT2D eigenvalue weighted by Crippen LogP contribution is 2.43. The SMILES string of the molecule is CCC1(CNCc2ccc(C#N)cc2Cl)CCC1. The molecule has 0 bridgehead atoms. The Morgan fingerprint density at radius 1 is 1.44 bits per heavy atom. The van der Waals surface area contributed by atoms with Gasteiger partial charge >= 0.3 is 0 Å². The van der Waals surface area contributed by atoms with E-state index in [0.29, 0.717) is 16.0 Å². The van der Waals surface area contributed by atoms with Crippen molar-refractivity contribution in [2.75, 3.05) is 6.54 Å². The van der Waals surface area contributed by atoms with Crippen LogP contribution in [0.3, 0.4) is 0 Å². The van der Waals surface area contributed by atoms with Gasteiger partial charge in [0.1, 0.15) is 0 Å². The molecule has 1 fully saturated rings. The predicted octanol–water partition coefficient (Wildman–Crippen LogP) is 3.88. The molecule has 1 aliphatic carbocycles. The van der Waals surface area contributed by atoms with Crippen molar-refractivity contribution in [1.82, 2.24) is 5.32 Å². The first kappa shape index (κ1) is 13.4. The summed E-state index contributed by atoms with van der Waals surface area (Å²) in [5, 5.41) is 13.0. The molecule has 96 valence electrons. The molecule has 18 heavy (non-hydrogen) atoms. The molecule has 3 heteroatoms. The molecule has 0 aliphatic heterocycles. The van der Waals surface area contributed by atoms with E-state index >= 15 is 0 Å². The fraction of sp³-hybridized carbons (Fsp3) is 0.533. The molecule has 0 aromatic heterocycles. The molecule has 0 atom stereocenters. The first-order valence-corrected chi connectivity index (χ1v) is 6.96. The van der Waals surface area contributed by atoms with Crippen LogP contribution in [-0.2, 0) is 6.54 Å². The topological polar surface area (TPSA) is 35.8 Å². The summed E-state index contributed by atoms with van der Waals surface area (Å²) < 4.78 is 0. The largest absolute Gasteiger partial charge is 0.312 e. The maximum atomic E-state index is 8.78. The van der Waals surface area contributed by atoms with E-state index < -0.39 is 0 Å². The molecular formula is C15H19ClN2. The van der Waals surface area contributed by atoms with E-state index in [0.717, 1.165) is 18.7 Å². The third-order valence-electron chi connectivity index (χ3n) is 4.16. The summed E-state index contributed by atoms with van der Waals surface area (Å²) in [6.45, 7) is 4.13. The fourth-order valence-electron chi connectivity index (χ4n) is 2.55. The Morgan fingerprint density at radius 3 is 2.72 bits per heavy atom. The average Bonchev–Trinajstić information content (AvgIpc) is 2.34.